The molecule has 0 N–H and O–H groups in total. The molecule has 0 unspecified atom stereocenters. The fourth-order valence-corrected chi connectivity index (χ4v) is 8.41. The van der Waals surface area contributed by atoms with Crippen molar-refractivity contribution in [3.8, 4) is 56.0 Å². The number of hydrogen-bond acceptors (Lipinski definition) is 2. The first-order valence-electron chi connectivity index (χ1n) is 20.0. The molecule has 0 amide bonds. The van der Waals surface area contributed by atoms with Gasteiger partial charge in [0.15, 0.2) is 0 Å². The number of hydrogen-bond donors (Lipinski definition) is 0. The Balaban J connectivity index is 1.25. The highest BCUT2D eigenvalue weighted by atomic mass is 16.5. The van der Waals surface area contributed by atoms with Crippen molar-refractivity contribution in [2.45, 2.75) is 12.8 Å². The van der Waals surface area contributed by atoms with Gasteiger partial charge in [0, 0.05) is 29.7 Å². The first-order chi connectivity index (χ1) is 28.8. The van der Waals surface area contributed by atoms with Gasteiger partial charge in [-0.2, -0.15) is 0 Å². The van der Waals surface area contributed by atoms with E-state index < -0.39 is 0 Å². The average molecular weight is 744 g/mol. The minimum Gasteiger partial charge on any atom is -0.457 e. The largest absolute Gasteiger partial charge is 0.457 e. The fraction of sp³-hybridized carbons (Fsp3) is 0.0357. The van der Waals surface area contributed by atoms with E-state index in [1.807, 2.05) is 0 Å². The Morgan fingerprint density at radius 2 is 0.793 bits per heavy atom. The standard InChI is InChI=1S/C56H41NO/c1-4-17-40(18-5-1)42-31-34-49(35-32-42)57(52-36-33-44(41-19-6-2-7-20-41)39-51(52)43-21-8-3-9-22-43)53-28-16-26-48-38-47-25-12-15-30-55(47)58-54-29-14-11-24-46(54)37-45-23-10-13-27-50(45)56(48)53/h1-36,39H,37-38H2. The summed E-state index contributed by atoms with van der Waals surface area (Å²) in [5.74, 6) is 1.77. The van der Waals surface area contributed by atoms with Crippen LogP contribution in [-0.4, -0.2) is 0 Å². The zero-order valence-electron chi connectivity index (χ0n) is 32.1. The fourth-order valence-electron chi connectivity index (χ4n) is 8.41. The Hall–Kier alpha value is -7.42. The normalized spacial score (nSPS) is 11.8. The van der Waals surface area contributed by atoms with E-state index in [4.69, 9.17) is 4.74 Å². The van der Waals surface area contributed by atoms with Crippen LogP contribution >= 0.6 is 0 Å². The molecular weight excluding hydrogens is 703 g/mol. The molecule has 0 aliphatic carbocycles. The second-order valence-corrected chi connectivity index (χ2v) is 14.9. The molecule has 58 heavy (non-hydrogen) atoms. The predicted octanol–water partition coefficient (Wildman–Crippen LogP) is 15.1. The maximum Gasteiger partial charge on any atom is 0.130 e. The van der Waals surface area contributed by atoms with Crippen LogP contribution in [0.4, 0.5) is 17.1 Å². The number of fused-ring (bicyclic) bond motifs is 5. The van der Waals surface area contributed by atoms with Crippen LogP contribution in [0.15, 0.2) is 224 Å². The van der Waals surface area contributed by atoms with Gasteiger partial charge in [-0.25, -0.2) is 0 Å². The van der Waals surface area contributed by atoms with Gasteiger partial charge < -0.3 is 9.64 Å². The van der Waals surface area contributed by atoms with Crippen molar-refractivity contribution < 1.29 is 4.74 Å². The Labute approximate surface area is 340 Å². The Bertz CT molecular complexity index is 2850. The first-order valence-corrected chi connectivity index (χ1v) is 20.0. The third-order valence-corrected chi connectivity index (χ3v) is 11.2. The lowest BCUT2D eigenvalue weighted by molar-refractivity contribution is 0.472. The molecule has 0 saturated carbocycles. The molecule has 0 saturated heterocycles. The lowest BCUT2D eigenvalue weighted by Gasteiger charge is -2.32. The maximum absolute atomic E-state index is 6.77. The number of benzene rings is 9. The summed E-state index contributed by atoms with van der Waals surface area (Å²) in [5, 5.41) is 0. The highest BCUT2D eigenvalue weighted by molar-refractivity contribution is 5.96. The lowest BCUT2D eigenvalue weighted by atomic mass is 9.87. The van der Waals surface area contributed by atoms with E-state index in [-0.39, 0.29) is 0 Å². The molecule has 0 spiro atoms. The zero-order chi connectivity index (χ0) is 38.7. The molecule has 1 heterocycles. The molecule has 2 heteroatoms. The van der Waals surface area contributed by atoms with Gasteiger partial charge in [0.05, 0.1) is 11.4 Å². The number of anilines is 3. The van der Waals surface area contributed by atoms with E-state index in [0.29, 0.717) is 6.42 Å². The minimum absolute atomic E-state index is 0.703. The quantitative estimate of drug-likeness (QED) is 0.168. The second kappa shape index (κ2) is 15.6. The topological polar surface area (TPSA) is 12.5 Å². The average Bonchev–Trinajstić information content (AvgIpc) is 3.31. The zero-order valence-corrected chi connectivity index (χ0v) is 32.1. The molecule has 276 valence electrons. The number of nitrogens with zero attached hydrogens (tertiary/aromatic N) is 1. The van der Waals surface area contributed by atoms with Gasteiger partial charge in [-0.1, -0.05) is 182 Å². The highest BCUT2D eigenvalue weighted by Gasteiger charge is 2.25. The molecule has 9 aromatic carbocycles. The molecule has 1 aliphatic rings. The van der Waals surface area contributed by atoms with Crippen LogP contribution in [0.5, 0.6) is 11.5 Å². The minimum atomic E-state index is 0.703. The Morgan fingerprint density at radius 3 is 1.45 bits per heavy atom. The van der Waals surface area contributed by atoms with Crippen LogP contribution in [0.25, 0.3) is 44.5 Å². The van der Waals surface area contributed by atoms with Crippen molar-refractivity contribution in [3.63, 3.8) is 0 Å². The third kappa shape index (κ3) is 6.86. The van der Waals surface area contributed by atoms with E-state index in [1.165, 1.54) is 44.5 Å². The van der Waals surface area contributed by atoms with E-state index in [2.05, 4.69) is 229 Å². The van der Waals surface area contributed by atoms with Gasteiger partial charge in [0.25, 0.3) is 0 Å². The second-order valence-electron chi connectivity index (χ2n) is 14.9. The summed E-state index contributed by atoms with van der Waals surface area (Å²) in [7, 11) is 0. The van der Waals surface area contributed by atoms with E-state index in [1.54, 1.807) is 0 Å². The Morgan fingerprint density at radius 1 is 0.310 bits per heavy atom. The monoisotopic (exact) mass is 743 g/mol. The van der Waals surface area contributed by atoms with Crippen molar-refractivity contribution in [2.24, 2.45) is 0 Å². The summed E-state index contributed by atoms with van der Waals surface area (Å²) < 4.78 is 6.77. The van der Waals surface area contributed by atoms with Crippen LogP contribution in [-0.2, 0) is 12.8 Å². The number of ether oxygens (including phenoxy) is 1. The summed E-state index contributed by atoms with van der Waals surface area (Å²) in [6, 6.07) is 80.8. The molecule has 1 aliphatic heterocycles. The molecule has 0 fully saturated rings. The molecule has 0 aromatic heterocycles. The van der Waals surface area contributed by atoms with E-state index in [9.17, 15) is 0 Å². The van der Waals surface area contributed by atoms with Gasteiger partial charge in [-0.05, 0) is 98.1 Å². The van der Waals surface area contributed by atoms with Crippen molar-refractivity contribution in [1.29, 1.82) is 0 Å². The molecule has 0 bridgehead atoms. The van der Waals surface area contributed by atoms with Crippen molar-refractivity contribution >= 4 is 17.1 Å². The summed E-state index contributed by atoms with van der Waals surface area (Å²) in [5.41, 5.74) is 17.6. The summed E-state index contributed by atoms with van der Waals surface area (Å²) in [6.45, 7) is 0. The van der Waals surface area contributed by atoms with Crippen molar-refractivity contribution in [2.75, 3.05) is 4.90 Å². The SMILES string of the molecule is c1ccc(-c2ccc(N(c3ccc(-c4ccccc4)cc3-c3ccccc3)c3cccc4c3-c3ccccc3Cc3ccccc3Oc3ccccc3C4)cc2)cc1. The molecular formula is C56H41NO. The van der Waals surface area contributed by atoms with Crippen molar-refractivity contribution in [3.05, 3.63) is 247 Å². The number of rotatable bonds is 6. The van der Waals surface area contributed by atoms with Crippen LogP contribution < -0.4 is 9.64 Å². The van der Waals surface area contributed by atoms with Gasteiger partial charge >= 0.3 is 0 Å². The maximum atomic E-state index is 6.77. The summed E-state index contributed by atoms with van der Waals surface area (Å²) >= 11 is 0. The van der Waals surface area contributed by atoms with Crippen molar-refractivity contribution in [1.82, 2.24) is 0 Å². The van der Waals surface area contributed by atoms with Crippen LogP contribution in [0, 0.1) is 0 Å². The Kier molecular flexibility index (Phi) is 9.43. The number of para-hydroxylation sites is 2. The molecule has 10 rings (SSSR count). The first kappa shape index (κ1) is 35.0. The van der Waals surface area contributed by atoms with E-state index in [0.717, 1.165) is 57.2 Å². The van der Waals surface area contributed by atoms with Crippen LogP contribution in [0.2, 0.25) is 0 Å². The van der Waals surface area contributed by atoms with Gasteiger partial charge in [0.1, 0.15) is 11.5 Å². The lowest BCUT2D eigenvalue weighted by Crippen LogP contribution is -2.14. The summed E-state index contributed by atoms with van der Waals surface area (Å²) in [6.07, 6.45) is 1.43. The molecule has 0 radical (unpaired) electrons. The predicted molar refractivity (Wildman–Crippen MR) is 241 cm³/mol. The van der Waals surface area contributed by atoms with Gasteiger partial charge in [-0.3, -0.25) is 0 Å². The van der Waals surface area contributed by atoms with Gasteiger partial charge in [-0.15, -0.1) is 0 Å². The van der Waals surface area contributed by atoms with Crippen LogP contribution in [0.3, 0.4) is 0 Å². The van der Waals surface area contributed by atoms with Gasteiger partial charge in [0.2, 0.25) is 0 Å². The van der Waals surface area contributed by atoms with Crippen LogP contribution in [0.1, 0.15) is 22.3 Å². The molecule has 0 atom stereocenters. The molecule has 9 aromatic rings. The highest BCUT2D eigenvalue weighted by Crippen LogP contribution is 2.49. The summed E-state index contributed by atoms with van der Waals surface area (Å²) in [4.78, 5) is 2.48. The third-order valence-electron chi connectivity index (χ3n) is 11.2. The molecule has 2 nitrogen and oxygen atoms in total. The smallest absolute Gasteiger partial charge is 0.130 e. The van der Waals surface area contributed by atoms with E-state index >= 15 is 0 Å².